The summed E-state index contributed by atoms with van der Waals surface area (Å²) in [7, 11) is -3.63. The van der Waals surface area contributed by atoms with Crippen molar-refractivity contribution in [3.8, 4) is 17.0 Å². The maximum absolute atomic E-state index is 13.1. The summed E-state index contributed by atoms with van der Waals surface area (Å²) in [5, 5.41) is 11.5. The van der Waals surface area contributed by atoms with E-state index in [9.17, 15) is 13.2 Å². The highest BCUT2D eigenvalue weighted by molar-refractivity contribution is 7.89. The average Bonchev–Trinajstić information content (AvgIpc) is 2.90. The van der Waals surface area contributed by atoms with Crippen LogP contribution in [0.1, 0.15) is 20.8 Å². The molecule has 4 rings (SSSR count). The molecule has 3 aromatic rings. The number of hydrogen-bond acceptors (Lipinski definition) is 7. The van der Waals surface area contributed by atoms with Crippen LogP contribution in [0.3, 0.4) is 0 Å². The molecule has 0 saturated carbocycles. The third-order valence-electron chi connectivity index (χ3n) is 5.96. The average molecular weight is 510 g/mol. The van der Waals surface area contributed by atoms with Gasteiger partial charge in [0, 0.05) is 43.3 Å². The van der Waals surface area contributed by atoms with Gasteiger partial charge in [0.05, 0.1) is 17.2 Å². The van der Waals surface area contributed by atoms with Crippen LogP contribution in [0, 0.1) is 5.92 Å². The van der Waals surface area contributed by atoms with Crippen molar-refractivity contribution < 1.29 is 17.9 Å². The number of aromatic nitrogens is 2. The Hall–Kier alpha value is -3.50. The molecule has 9 nitrogen and oxygen atoms in total. The van der Waals surface area contributed by atoms with Crippen molar-refractivity contribution in [1.82, 2.24) is 14.5 Å². The van der Waals surface area contributed by atoms with Crippen LogP contribution in [0.25, 0.3) is 11.3 Å². The van der Waals surface area contributed by atoms with Crippen LogP contribution in [0.15, 0.2) is 65.6 Å². The number of sulfonamides is 1. The van der Waals surface area contributed by atoms with Gasteiger partial charge in [0.2, 0.25) is 15.9 Å². The highest BCUT2D eigenvalue weighted by Gasteiger charge is 2.29. The normalized spacial score (nSPS) is 14.6. The van der Waals surface area contributed by atoms with E-state index in [-0.39, 0.29) is 16.7 Å². The Balaban J connectivity index is 1.36. The molecule has 1 saturated heterocycles. The number of anilines is 2. The lowest BCUT2D eigenvalue weighted by Crippen LogP contribution is -2.49. The second-order valence-electron chi connectivity index (χ2n) is 8.79. The Morgan fingerprint density at radius 1 is 0.944 bits per heavy atom. The zero-order chi connectivity index (χ0) is 25.7. The Bertz CT molecular complexity index is 1270. The van der Waals surface area contributed by atoms with E-state index >= 15 is 0 Å². The van der Waals surface area contributed by atoms with Crippen molar-refractivity contribution in [2.75, 3.05) is 43.0 Å². The lowest BCUT2D eigenvalue weighted by molar-refractivity contribution is -0.118. The van der Waals surface area contributed by atoms with Gasteiger partial charge < -0.3 is 15.0 Å². The predicted octanol–water partition coefficient (Wildman–Crippen LogP) is 3.65. The lowest BCUT2D eigenvalue weighted by atomic mass is 10.1. The number of carbonyl (C=O) groups is 1. The minimum atomic E-state index is -3.63. The lowest BCUT2D eigenvalue weighted by Gasteiger charge is -2.34. The molecule has 1 amide bonds. The van der Waals surface area contributed by atoms with Gasteiger partial charge in [0.25, 0.3) is 0 Å². The molecule has 0 aliphatic carbocycles. The first kappa shape index (κ1) is 25.6. The highest BCUT2D eigenvalue weighted by Crippen LogP contribution is 2.24. The van der Waals surface area contributed by atoms with E-state index in [1.54, 1.807) is 26.0 Å². The van der Waals surface area contributed by atoms with Gasteiger partial charge >= 0.3 is 0 Å². The Morgan fingerprint density at radius 2 is 1.61 bits per heavy atom. The van der Waals surface area contributed by atoms with Crippen molar-refractivity contribution in [2.24, 2.45) is 5.92 Å². The highest BCUT2D eigenvalue weighted by atomic mass is 32.2. The summed E-state index contributed by atoms with van der Waals surface area (Å²) in [6, 6.07) is 17.8. The van der Waals surface area contributed by atoms with Crippen LogP contribution in [-0.4, -0.2) is 61.6 Å². The summed E-state index contributed by atoms with van der Waals surface area (Å²) in [5.41, 5.74) is 2.28. The van der Waals surface area contributed by atoms with E-state index < -0.39 is 10.0 Å². The molecule has 1 aliphatic rings. The first-order valence-corrected chi connectivity index (χ1v) is 13.4. The van der Waals surface area contributed by atoms with Gasteiger partial charge in [-0.05, 0) is 67.6 Å². The molecular formula is C26H31N5O4S. The molecule has 1 N–H and O–H groups in total. The van der Waals surface area contributed by atoms with Gasteiger partial charge in [-0.25, -0.2) is 8.42 Å². The molecule has 0 unspecified atom stereocenters. The minimum Gasteiger partial charge on any atom is -0.494 e. The molecule has 10 heteroatoms. The smallest absolute Gasteiger partial charge is 0.243 e. The molecular weight excluding hydrogens is 478 g/mol. The Labute approximate surface area is 212 Å². The van der Waals surface area contributed by atoms with Crippen molar-refractivity contribution in [2.45, 2.75) is 25.7 Å². The summed E-state index contributed by atoms with van der Waals surface area (Å²) < 4.78 is 33.2. The SMILES string of the molecule is CCOc1ccc(-c2ccc(N3CCN(S(=O)(=O)c4ccc(NC(=O)C(C)C)cc4)CC3)nn2)cc1. The standard InChI is InChI=1S/C26H31N5O4S/c1-4-35-22-9-5-20(6-10-22)24-13-14-25(29-28-24)30-15-17-31(18-16-30)36(33,34)23-11-7-21(8-12-23)27-26(32)19(2)3/h5-14,19H,4,15-18H2,1-3H3,(H,27,32). The number of piperazine rings is 1. The molecule has 1 aliphatic heterocycles. The molecule has 1 fully saturated rings. The third kappa shape index (κ3) is 5.83. The van der Waals surface area contributed by atoms with Gasteiger partial charge in [0.1, 0.15) is 5.75 Å². The molecule has 1 aromatic heterocycles. The summed E-state index contributed by atoms with van der Waals surface area (Å²) in [4.78, 5) is 14.1. The van der Waals surface area contributed by atoms with Crippen LogP contribution in [0.2, 0.25) is 0 Å². The Morgan fingerprint density at radius 3 is 2.17 bits per heavy atom. The number of ether oxygens (including phenoxy) is 1. The van der Waals surface area contributed by atoms with Crippen molar-refractivity contribution in [3.05, 3.63) is 60.7 Å². The summed E-state index contributed by atoms with van der Waals surface area (Å²) in [6.07, 6.45) is 0. The maximum Gasteiger partial charge on any atom is 0.243 e. The molecule has 0 spiro atoms. The summed E-state index contributed by atoms with van der Waals surface area (Å²) in [5.74, 6) is 1.26. The minimum absolute atomic E-state index is 0.114. The topological polar surface area (TPSA) is 105 Å². The number of amides is 1. The van der Waals surface area contributed by atoms with Crippen LogP contribution >= 0.6 is 0 Å². The van der Waals surface area contributed by atoms with Crippen LogP contribution in [-0.2, 0) is 14.8 Å². The molecule has 0 atom stereocenters. The summed E-state index contributed by atoms with van der Waals surface area (Å²) in [6.45, 7) is 7.88. The van der Waals surface area contributed by atoms with Gasteiger partial charge in [-0.1, -0.05) is 13.8 Å². The molecule has 0 bridgehead atoms. The fourth-order valence-electron chi connectivity index (χ4n) is 3.84. The fourth-order valence-corrected chi connectivity index (χ4v) is 5.26. The first-order valence-electron chi connectivity index (χ1n) is 12.0. The largest absolute Gasteiger partial charge is 0.494 e. The number of carbonyl (C=O) groups excluding carboxylic acids is 1. The Kier molecular flexibility index (Phi) is 7.85. The van der Waals surface area contributed by atoms with Crippen molar-refractivity contribution >= 4 is 27.4 Å². The maximum atomic E-state index is 13.1. The van der Waals surface area contributed by atoms with Crippen LogP contribution in [0.5, 0.6) is 5.75 Å². The number of benzene rings is 2. The predicted molar refractivity (Wildman–Crippen MR) is 140 cm³/mol. The van der Waals surface area contributed by atoms with Gasteiger partial charge in [-0.2, -0.15) is 4.31 Å². The molecule has 190 valence electrons. The second-order valence-corrected chi connectivity index (χ2v) is 10.7. The molecule has 0 radical (unpaired) electrons. The second kappa shape index (κ2) is 11.0. The van der Waals surface area contributed by atoms with E-state index in [4.69, 9.17) is 4.74 Å². The van der Waals surface area contributed by atoms with Gasteiger partial charge in [-0.3, -0.25) is 4.79 Å². The molecule has 2 heterocycles. The molecule has 36 heavy (non-hydrogen) atoms. The van der Waals surface area contributed by atoms with E-state index in [1.165, 1.54) is 16.4 Å². The van der Waals surface area contributed by atoms with Crippen LogP contribution < -0.4 is 15.0 Å². The van der Waals surface area contributed by atoms with E-state index in [2.05, 4.69) is 15.5 Å². The van der Waals surface area contributed by atoms with Crippen LogP contribution in [0.4, 0.5) is 11.5 Å². The van der Waals surface area contributed by atoms with Gasteiger partial charge in [0.15, 0.2) is 5.82 Å². The molecule has 2 aromatic carbocycles. The summed E-state index contributed by atoms with van der Waals surface area (Å²) >= 11 is 0. The number of hydrogen-bond donors (Lipinski definition) is 1. The number of nitrogens with zero attached hydrogens (tertiary/aromatic N) is 4. The first-order chi connectivity index (χ1) is 17.3. The van der Waals surface area contributed by atoms with Gasteiger partial charge in [-0.15, -0.1) is 10.2 Å². The zero-order valence-corrected chi connectivity index (χ0v) is 21.5. The zero-order valence-electron chi connectivity index (χ0n) is 20.7. The van der Waals surface area contributed by atoms with E-state index in [0.29, 0.717) is 44.3 Å². The monoisotopic (exact) mass is 509 g/mol. The third-order valence-corrected chi connectivity index (χ3v) is 7.87. The quantitative estimate of drug-likeness (QED) is 0.494. The fraction of sp³-hybridized carbons (Fsp3) is 0.346. The van der Waals surface area contributed by atoms with E-state index in [1.807, 2.05) is 48.2 Å². The van der Waals surface area contributed by atoms with Crippen molar-refractivity contribution in [3.63, 3.8) is 0 Å². The number of rotatable bonds is 8. The van der Waals surface area contributed by atoms with Crippen molar-refractivity contribution in [1.29, 1.82) is 0 Å². The van der Waals surface area contributed by atoms with E-state index in [0.717, 1.165) is 17.0 Å². The number of nitrogens with one attached hydrogen (secondary N) is 1.